The van der Waals surface area contributed by atoms with Gasteiger partial charge in [0.05, 0.1) is 18.6 Å². The largest absolute Gasteiger partial charge is 0.466 e. The van der Waals surface area contributed by atoms with Crippen molar-refractivity contribution in [2.45, 2.75) is 19.3 Å². The molecule has 2 N–H and O–H groups in total. The first-order valence-electron chi connectivity index (χ1n) is 5.04. The highest BCUT2D eigenvalue weighted by Crippen LogP contribution is 2.39. The normalized spacial score (nSPS) is 21.6. The average molecular weight is 195 g/mol. The Morgan fingerprint density at radius 1 is 1.50 bits per heavy atom. The molecule has 2 heterocycles. The summed E-state index contributed by atoms with van der Waals surface area (Å²) >= 11 is 0. The topological polar surface area (TPSA) is 48.4 Å². The van der Waals surface area contributed by atoms with E-state index in [-0.39, 0.29) is 5.41 Å². The molecule has 1 unspecified atom stereocenters. The molecule has 1 aromatic rings. The molecule has 0 amide bonds. The van der Waals surface area contributed by atoms with E-state index in [4.69, 9.17) is 14.9 Å². The smallest absolute Gasteiger partial charge is 0.115 e. The molecule has 3 nitrogen and oxygen atoms in total. The van der Waals surface area contributed by atoms with E-state index in [9.17, 15) is 0 Å². The van der Waals surface area contributed by atoms with Crippen molar-refractivity contribution in [1.29, 1.82) is 0 Å². The zero-order valence-electron chi connectivity index (χ0n) is 8.75. The maximum Gasteiger partial charge on any atom is 0.115 e. The molecule has 1 fully saturated rings. The number of rotatable bonds is 3. The Morgan fingerprint density at radius 3 is 2.57 bits per heavy atom. The van der Waals surface area contributed by atoms with Gasteiger partial charge in [0.15, 0.2) is 0 Å². The summed E-state index contributed by atoms with van der Waals surface area (Å²) in [4.78, 5) is 0. The third-order valence-electron chi connectivity index (χ3n) is 3.25. The minimum Gasteiger partial charge on any atom is -0.466 e. The second-order valence-electron chi connectivity index (χ2n) is 4.20. The molecule has 0 aliphatic carbocycles. The summed E-state index contributed by atoms with van der Waals surface area (Å²) in [7, 11) is 0. The van der Waals surface area contributed by atoms with Crippen LogP contribution in [-0.2, 0) is 10.2 Å². The van der Waals surface area contributed by atoms with Crippen molar-refractivity contribution in [2.24, 2.45) is 11.7 Å². The van der Waals surface area contributed by atoms with Crippen molar-refractivity contribution >= 4 is 0 Å². The van der Waals surface area contributed by atoms with Crippen LogP contribution >= 0.6 is 0 Å². The molecule has 1 aliphatic heterocycles. The minimum absolute atomic E-state index is 0.0308. The maximum absolute atomic E-state index is 5.71. The molecule has 1 atom stereocenters. The Bertz CT molecular complexity index is 315. The Labute approximate surface area is 84.2 Å². The molecule has 78 valence electrons. The van der Waals surface area contributed by atoms with Gasteiger partial charge in [0.1, 0.15) is 11.5 Å². The van der Waals surface area contributed by atoms with E-state index < -0.39 is 0 Å². The van der Waals surface area contributed by atoms with Crippen molar-refractivity contribution in [2.75, 3.05) is 19.8 Å². The molecule has 0 bridgehead atoms. The quantitative estimate of drug-likeness (QED) is 0.794. The average Bonchev–Trinajstić information content (AvgIpc) is 2.50. The molecule has 0 aromatic carbocycles. The highest BCUT2D eigenvalue weighted by atomic mass is 16.5. The van der Waals surface area contributed by atoms with Crippen molar-refractivity contribution in [3.63, 3.8) is 0 Å². The van der Waals surface area contributed by atoms with Crippen LogP contribution in [-0.4, -0.2) is 19.8 Å². The highest BCUT2D eigenvalue weighted by Gasteiger charge is 2.47. The van der Waals surface area contributed by atoms with Gasteiger partial charge < -0.3 is 14.9 Å². The van der Waals surface area contributed by atoms with Gasteiger partial charge in [-0.2, -0.15) is 0 Å². The maximum atomic E-state index is 5.71. The van der Waals surface area contributed by atoms with E-state index in [1.54, 1.807) is 0 Å². The summed E-state index contributed by atoms with van der Waals surface area (Å²) in [6, 6.07) is 4.04. The molecule has 0 radical (unpaired) electrons. The lowest BCUT2D eigenvalue weighted by molar-refractivity contribution is -0.0955. The Kier molecular flexibility index (Phi) is 2.37. The molecular formula is C11H17NO2. The molecule has 0 saturated carbocycles. The number of furan rings is 1. The number of nitrogens with two attached hydrogens (primary N) is 1. The van der Waals surface area contributed by atoms with Crippen LogP contribution in [0.3, 0.4) is 0 Å². The molecule has 1 saturated heterocycles. The molecule has 2 rings (SSSR count). The van der Waals surface area contributed by atoms with E-state index in [0.717, 1.165) is 24.7 Å². The Balaban J connectivity index is 2.28. The van der Waals surface area contributed by atoms with Crippen LogP contribution in [0.15, 0.2) is 16.5 Å². The van der Waals surface area contributed by atoms with Gasteiger partial charge in [0.25, 0.3) is 0 Å². The fourth-order valence-electron chi connectivity index (χ4n) is 1.92. The van der Waals surface area contributed by atoms with Gasteiger partial charge in [-0.1, -0.05) is 6.92 Å². The fraction of sp³-hybridized carbons (Fsp3) is 0.636. The van der Waals surface area contributed by atoms with Crippen LogP contribution < -0.4 is 5.73 Å². The lowest BCUT2D eigenvalue weighted by atomic mass is 9.72. The Hall–Kier alpha value is -0.800. The van der Waals surface area contributed by atoms with Crippen molar-refractivity contribution in [1.82, 2.24) is 0 Å². The van der Waals surface area contributed by atoms with Crippen molar-refractivity contribution in [3.05, 3.63) is 23.7 Å². The monoisotopic (exact) mass is 195 g/mol. The number of hydrogen-bond donors (Lipinski definition) is 1. The first kappa shape index (κ1) is 9.74. The fourth-order valence-corrected chi connectivity index (χ4v) is 1.92. The van der Waals surface area contributed by atoms with Gasteiger partial charge in [-0.05, 0) is 31.5 Å². The molecule has 3 heteroatoms. The predicted octanol–water partition coefficient (Wildman–Crippen LogP) is 1.45. The van der Waals surface area contributed by atoms with Crippen molar-refractivity contribution in [3.8, 4) is 0 Å². The first-order chi connectivity index (χ1) is 6.69. The van der Waals surface area contributed by atoms with Crippen LogP contribution in [0.4, 0.5) is 0 Å². The molecule has 0 spiro atoms. The van der Waals surface area contributed by atoms with Crippen LogP contribution in [0.5, 0.6) is 0 Å². The van der Waals surface area contributed by atoms with Crippen LogP contribution in [0.2, 0.25) is 0 Å². The van der Waals surface area contributed by atoms with E-state index in [1.165, 1.54) is 0 Å². The second-order valence-corrected chi connectivity index (χ2v) is 4.20. The SMILES string of the molecule is Cc1ccc(C2(C(C)CN)COC2)o1. The standard InChI is InChI=1S/C11H17NO2/c1-8(5-12)11(6-13-7-11)10-4-3-9(2)14-10/h3-4,8H,5-7,12H2,1-2H3. The molecule has 1 aliphatic rings. The van der Waals surface area contributed by atoms with Crippen LogP contribution in [0.1, 0.15) is 18.4 Å². The van der Waals surface area contributed by atoms with E-state index in [1.807, 2.05) is 19.1 Å². The summed E-state index contributed by atoms with van der Waals surface area (Å²) in [5, 5.41) is 0. The van der Waals surface area contributed by atoms with Gasteiger partial charge in [-0.25, -0.2) is 0 Å². The van der Waals surface area contributed by atoms with Gasteiger partial charge in [0, 0.05) is 0 Å². The second kappa shape index (κ2) is 3.41. The van der Waals surface area contributed by atoms with Crippen molar-refractivity contribution < 1.29 is 9.15 Å². The van der Waals surface area contributed by atoms with Gasteiger partial charge >= 0.3 is 0 Å². The summed E-state index contributed by atoms with van der Waals surface area (Å²) < 4.78 is 11.0. The van der Waals surface area contributed by atoms with Crippen LogP contribution in [0.25, 0.3) is 0 Å². The lowest BCUT2D eigenvalue weighted by Gasteiger charge is -2.44. The van der Waals surface area contributed by atoms with E-state index >= 15 is 0 Å². The summed E-state index contributed by atoms with van der Waals surface area (Å²) in [6.07, 6.45) is 0. The van der Waals surface area contributed by atoms with Gasteiger partial charge in [-0.3, -0.25) is 0 Å². The number of hydrogen-bond acceptors (Lipinski definition) is 3. The third-order valence-corrected chi connectivity index (χ3v) is 3.25. The summed E-state index contributed by atoms with van der Waals surface area (Å²) in [6.45, 7) is 6.25. The third kappa shape index (κ3) is 1.28. The lowest BCUT2D eigenvalue weighted by Crippen LogP contribution is -2.53. The number of aryl methyl sites for hydroxylation is 1. The molecule has 14 heavy (non-hydrogen) atoms. The zero-order chi connectivity index (χ0) is 10.2. The van der Waals surface area contributed by atoms with Gasteiger partial charge in [-0.15, -0.1) is 0 Å². The summed E-state index contributed by atoms with van der Waals surface area (Å²) in [5.74, 6) is 2.39. The van der Waals surface area contributed by atoms with E-state index in [0.29, 0.717) is 12.5 Å². The number of ether oxygens (including phenoxy) is 1. The Morgan fingerprint density at radius 2 is 2.21 bits per heavy atom. The van der Waals surface area contributed by atoms with E-state index in [2.05, 4.69) is 6.92 Å². The molecular weight excluding hydrogens is 178 g/mol. The summed E-state index contributed by atoms with van der Waals surface area (Å²) in [5.41, 5.74) is 5.75. The predicted molar refractivity (Wildman–Crippen MR) is 54.2 cm³/mol. The minimum atomic E-state index is 0.0308. The highest BCUT2D eigenvalue weighted by molar-refractivity contribution is 5.21. The molecule has 1 aromatic heterocycles. The zero-order valence-corrected chi connectivity index (χ0v) is 8.75. The van der Waals surface area contributed by atoms with Crippen LogP contribution in [0, 0.1) is 12.8 Å². The first-order valence-corrected chi connectivity index (χ1v) is 5.04. The van der Waals surface area contributed by atoms with Gasteiger partial charge in [0.2, 0.25) is 0 Å².